The van der Waals surface area contributed by atoms with Crippen molar-refractivity contribution in [2.24, 2.45) is 0 Å². The van der Waals surface area contributed by atoms with Crippen LogP contribution >= 0.6 is 0 Å². The molecule has 0 bridgehead atoms. The fraction of sp³-hybridized carbons (Fsp3) is 0.120. The molecule has 3 aromatic rings. The van der Waals surface area contributed by atoms with Crippen molar-refractivity contribution in [2.75, 3.05) is 0 Å². The Bertz CT molecular complexity index is 1120. The molecule has 0 aromatic heterocycles. The van der Waals surface area contributed by atoms with E-state index in [9.17, 15) is 14.7 Å². The van der Waals surface area contributed by atoms with E-state index < -0.39 is 5.97 Å². The summed E-state index contributed by atoms with van der Waals surface area (Å²) in [7, 11) is 0. The van der Waals surface area contributed by atoms with E-state index in [1.54, 1.807) is 36.4 Å². The highest BCUT2D eigenvalue weighted by atomic mass is 16.4. The van der Waals surface area contributed by atoms with Crippen LogP contribution in [0.1, 0.15) is 44.7 Å². The third-order valence-corrected chi connectivity index (χ3v) is 4.76. The van der Waals surface area contributed by atoms with Crippen LogP contribution in [0.15, 0.2) is 72.8 Å². The van der Waals surface area contributed by atoms with Gasteiger partial charge in [-0.15, -0.1) is 0 Å². The van der Waals surface area contributed by atoms with Crippen LogP contribution in [0, 0.1) is 11.8 Å². The van der Waals surface area contributed by atoms with Crippen molar-refractivity contribution in [3.8, 4) is 23.0 Å². The van der Waals surface area contributed by atoms with E-state index in [-0.39, 0.29) is 17.5 Å². The number of rotatable bonds is 4. The highest BCUT2D eigenvalue weighted by molar-refractivity contribution is 5.99. The van der Waals surface area contributed by atoms with Gasteiger partial charge in [-0.3, -0.25) is 4.79 Å². The molecule has 1 amide bonds. The maximum atomic E-state index is 12.2. The van der Waals surface area contributed by atoms with E-state index in [4.69, 9.17) is 0 Å². The predicted molar refractivity (Wildman–Crippen MR) is 112 cm³/mol. The van der Waals surface area contributed by atoms with Crippen LogP contribution < -0.4 is 5.32 Å². The van der Waals surface area contributed by atoms with Gasteiger partial charge in [0.2, 0.25) is 0 Å². The predicted octanol–water partition coefficient (Wildman–Crippen LogP) is 4.34. The smallest absolute Gasteiger partial charge is 0.336 e. The first-order valence-electron chi connectivity index (χ1n) is 9.46. The van der Waals surface area contributed by atoms with Crippen molar-refractivity contribution in [3.05, 3.63) is 95.1 Å². The molecule has 142 valence electrons. The van der Waals surface area contributed by atoms with Gasteiger partial charge in [0.1, 0.15) is 0 Å². The molecule has 0 saturated heterocycles. The summed E-state index contributed by atoms with van der Waals surface area (Å²) >= 11 is 0. The molecule has 3 aromatic carbocycles. The number of carbonyl (C=O) groups excluding carboxylic acids is 1. The van der Waals surface area contributed by atoms with Gasteiger partial charge < -0.3 is 10.4 Å². The third-order valence-electron chi connectivity index (χ3n) is 4.76. The standard InChI is InChI=1S/C25H19NO3/c27-24(26-21-15-16-21)20-13-11-19(12-14-20)23-18(7-4-8-22(23)25(28)29)10-9-17-5-2-1-3-6-17/h1-8,11-14,21H,15-16H2,(H,26,27)(H,28,29). The number of carboxylic acid groups (broad SMARTS) is 1. The van der Waals surface area contributed by atoms with Crippen molar-refractivity contribution in [3.63, 3.8) is 0 Å². The van der Waals surface area contributed by atoms with Gasteiger partial charge in [-0.1, -0.05) is 48.2 Å². The quantitative estimate of drug-likeness (QED) is 0.661. The van der Waals surface area contributed by atoms with E-state index in [0.717, 1.165) is 18.4 Å². The molecule has 1 saturated carbocycles. The Hall–Kier alpha value is -3.84. The number of carbonyl (C=O) groups is 2. The van der Waals surface area contributed by atoms with Gasteiger partial charge >= 0.3 is 5.97 Å². The van der Waals surface area contributed by atoms with Crippen LogP contribution in [-0.4, -0.2) is 23.0 Å². The van der Waals surface area contributed by atoms with Crippen molar-refractivity contribution in [1.29, 1.82) is 0 Å². The van der Waals surface area contributed by atoms with E-state index >= 15 is 0 Å². The molecule has 4 nitrogen and oxygen atoms in total. The first-order valence-corrected chi connectivity index (χ1v) is 9.46. The van der Waals surface area contributed by atoms with Crippen LogP contribution in [0.3, 0.4) is 0 Å². The summed E-state index contributed by atoms with van der Waals surface area (Å²) < 4.78 is 0. The van der Waals surface area contributed by atoms with Crippen LogP contribution in [-0.2, 0) is 0 Å². The summed E-state index contributed by atoms with van der Waals surface area (Å²) in [6, 6.07) is 21.9. The second-order valence-electron chi connectivity index (χ2n) is 6.97. The van der Waals surface area contributed by atoms with Crippen LogP contribution in [0.5, 0.6) is 0 Å². The molecule has 29 heavy (non-hydrogen) atoms. The second kappa shape index (κ2) is 8.04. The van der Waals surface area contributed by atoms with Crippen molar-refractivity contribution < 1.29 is 14.7 Å². The molecule has 4 heteroatoms. The lowest BCUT2D eigenvalue weighted by atomic mass is 9.93. The molecule has 0 radical (unpaired) electrons. The highest BCUT2D eigenvalue weighted by Gasteiger charge is 2.24. The molecule has 0 spiro atoms. The maximum Gasteiger partial charge on any atom is 0.336 e. The van der Waals surface area contributed by atoms with Crippen LogP contribution in [0.4, 0.5) is 0 Å². The number of amides is 1. The SMILES string of the molecule is O=C(NC1CC1)c1ccc(-c2c(C#Cc3ccccc3)cccc2C(=O)O)cc1. The fourth-order valence-electron chi connectivity index (χ4n) is 3.09. The summed E-state index contributed by atoms with van der Waals surface area (Å²) in [5.74, 6) is 5.07. The Kier molecular flexibility index (Phi) is 5.13. The largest absolute Gasteiger partial charge is 0.478 e. The number of benzene rings is 3. The molecule has 0 atom stereocenters. The van der Waals surface area contributed by atoms with Crippen molar-refractivity contribution in [2.45, 2.75) is 18.9 Å². The highest BCUT2D eigenvalue weighted by Crippen LogP contribution is 2.28. The summed E-state index contributed by atoms with van der Waals surface area (Å²) in [4.78, 5) is 24.0. The molecule has 4 rings (SSSR count). The zero-order valence-electron chi connectivity index (χ0n) is 15.7. The van der Waals surface area contributed by atoms with Gasteiger partial charge in [-0.25, -0.2) is 4.79 Å². The molecule has 2 N–H and O–H groups in total. The first kappa shape index (κ1) is 18.5. The minimum Gasteiger partial charge on any atom is -0.478 e. The van der Waals surface area contributed by atoms with Gasteiger partial charge in [-0.2, -0.15) is 0 Å². The zero-order valence-corrected chi connectivity index (χ0v) is 15.7. The van der Waals surface area contributed by atoms with E-state index in [0.29, 0.717) is 22.3 Å². The van der Waals surface area contributed by atoms with Crippen molar-refractivity contribution in [1.82, 2.24) is 5.32 Å². The maximum absolute atomic E-state index is 12.2. The van der Waals surface area contributed by atoms with Gasteiger partial charge in [0, 0.05) is 28.3 Å². The minimum absolute atomic E-state index is 0.102. The topological polar surface area (TPSA) is 66.4 Å². The monoisotopic (exact) mass is 381 g/mol. The molecule has 0 unspecified atom stereocenters. The molecular weight excluding hydrogens is 362 g/mol. The van der Waals surface area contributed by atoms with Crippen molar-refractivity contribution >= 4 is 11.9 Å². The lowest BCUT2D eigenvalue weighted by molar-refractivity contribution is 0.0697. The number of hydrogen-bond donors (Lipinski definition) is 2. The van der Waals surface area contributed by atoms with E-state index in [2.05, 4.69) is 17.2 Å². The number of aromatic carboxylic acids is 1. The third kappa shape index (κ3) is 4.36. The average Bonchev–Trinajstić information content (AvgIpc) is 3.56. The molecule has 1 aliphatic rings. The van der Waals surface area contributed by atoms with Crippen LogP contribution in [0.25, 0.3) is 11.1 Å². The van der Waals surface area contributed by atoms with Gasteiger partial charge in [0.15, 0.2) is 0 Å². The van der Waals surface area contributed by atoms with Crippen LogP contribution in [0.2, 0.25) is 0 Å². The normalized spacial score (nSPS) is 12.6. The first-order chi connectivity index (χ1) is 14.1. The minimum atomic E-state index is -1.01. The molecule has 0 aliphatic heterocycles. The fourth-order valence-corrected chi connectivity index (χ4v) is 3.09. The summed E-state index contributed by atoms with van der Waals surface area (Å²) in [6.45, 7) is 0. The van der Waals surface area contributed by atoms with Gasteiger partial charge in [0.05, 0.1) is 5.56 Å². The number of carboxylic acids is 1. The summed E-state index contributed by atoms with van der Waals surface area (Å²) in [5, 5.41) is 12.6. The lowest BCUT2D eigenvalue weighted by Gasteiger charge is -2.10. The Morgan fingerprint density at radius 1 is 0.862 bits per heavy atom. The Balaban J connectivity index is 1.72. The van der Waals surface area contributed by atoms with E-state index in [1.165, 1.54) is 0 Å². The Morgan fingerprint density at radius 2 is 1.59 bits per heavy atom. The molecule has 1 fully saturated rings. The number of hydrogen-bond acceptors (Lipinski definition) is 2. The summed E-state index contributed by atoms with van der Waals surface area (Å²) in [5.41, 5.74) is 3.49. The molecule has 1 aliphatic carbocycles. The average molecular weight is 381 g/mol. The van der Waals surface area contributed by atoms with Gasteiger partial charge in [0.25, 0.3) is 5.91 Å². The number of nitrogens with one attached hydrogen (secondary N) is 1. The Labute approximate surface area is 169 Å². The molecule has 0 heterocycles. The Morgan fingerprint density at radius 3 is 2.24 bits per heavy atom. The molecular formula is C25H19NO3. The zero-order chi connectivity index (χ0) is 20.2. The van der Waals surface area contributed by atoms with E-state index in [1.807, 2.05) is 36.4 Å². The second-order valence-corrected chi connectivity index (χ2v) is 6.97. The summed E-state index contributed by atoms with van der Waals surface area (Å²) in [6.07, 6.45) is 2.05. The lowest BCUT2D eigenvalue weighted by Crippen LogP contribution is -2.25. The van der Waals surface area contributed by atoms with Gasteiger partial charge in [-0.05, 0) is 54.8 Å².